The van der Waals surface area contributed by atoms with Gasteiger partial charge in [0.2, 0.25) is 0 Å². The molecule has 1 aliphatic carbocycles. The van der Waals surface area contributed by atoms with Crippen LogP contribution in [0.4, 0.5) is 0 Å². The van der Waals surface area contributed by atoms with Crippen LogP contribution in [0.15, 0.2) is 53.5 Å². The van der Waals surface area contributed by atoms with Gasteiger partial charge in [-0.05, 0) is 49.4 Å². The van der Waals surface area contributed by atoms with Crippen LogP contribution in [0.1, 0.15) is 37.0 Å². The van der Waals surface area contributed by atoms with Gasteiger partial charge in [0.1, 0.15) is 11.5 Å². The summed E-state index contributed by atoms with van der Waals surface area (Å²) in [6, 6.07) is 15.5. The maximum Gasteiger partial charge on any atom is 0.191 e. The molecule has 1 aliphatic rings. The van der Waals surface area contributed by atoms with Crippen molar-refractivity contribution in [1.29, 1.82) is 0 Å². The predicted molar refractivity (Wildman–Crippen MR) is 115 cm³/mol. The number of nitrogens with zero attached hydrogens (tertiary/aromatic N) is 1. The van der Waals surface area contributed by atoms with E-state index in [2.05, 4.69) is 15.6 Å². The van der Waals surface area contributed by atoms with Gasteiger partial charge in [-0.3, -0.25) is 0 Å². The van der Waals surface area contributed by atoms with Crippen LogP contribution in [0, 0.1) is 5.92 Å². The maximum absolute atomic E-state index is 10.5. The van der Waals surface area contributed by atoms with E-state index >= 15 is 0 Å². The molecule has 6 heteroatoms. The Morgan fingerprint density at radius 2 is 1.90 bits per heavy atom. The van der Waals surface area contributed by atoms with Crippen molar-refractivity contribution in [3.8, 4) is 11.5 Å². The molecule has 0 spiro atoms. The molecule has 1 unspecified atom stereocenters. The minimum atomic E-state index is -0.640. The lowest BCUT2D eigenvalue weighted by molar-refractivity contribution is 0.180. The first kappa shape index (κ1) is 21.0. The lowest BCUT2D eigenvalue weighted by Crippen LogP contribution is -2.39. The first-order valence-electron chi connectivity index (χ1n) is 10.2. The number of ether oxygens (including phenoxy) is 2. The summed E-state index contributed by atoms with van der Waals surface area (Å²) in [5, 5.41) is 16.9. The molecule has 0 saturated heterocycles. The Morgan fingerprint density at radius 1 is 1.14 bits per heavy atom. The first-order valence-corrected chi connectivity index (χ1v) is 10.2. The Bertz CT molecular complexity index is 788. The number of hydrogen-bond acceptors (Lipinski definition) is 4. The molecule has 2 aromatic carbocycles. The molecule has 0 amide bonds. The second-order valence-electron chi connectivity index (χ2n) is 7.23. The summed E-state index contributed by atoms with van der Waals surface area (Å²) in [6.07, 6.45) is 1.90. The number of aliphatic imine (C=N–C) groups is 1. The highest BCUT2D eigenvalue weighted by Crippen LogP contribution is 2.30. The molecule has 3 N–H and O–H groups in total. The van der Waals surface area contributed by atoms with E-state index in [4.69, 9.17) is 9.47 Å². The second-order valence-corrected chi connectivity index (χ2v) is 7.23. The fraction of sp³-hybridized carbons (Fsp3) is 0.435. The van der Waals surface area contributed by atoms with E-state index < -0.39 is 6.10 Å². The van der Waals surface area contributed by atoms with E-state index in [-0.39, 0.29) is 0 Å². The van der Waals surface area contributed by atoms with Crippen LogP contribution in [0.5, 0.6) is 11.5 Å². The molecule has 1 saturated carbocycles. The van der Waals surface area contributed by atoms with Crippen molar-refractivity contribution in [3.05, 3.63) is 59.7 Å². The van der Waals surface area contributed by atoms with Crippen LogP contribution in [-0.4, -0.2) is 37.9 Å². The summed E-state index contributed by atoms with van der Waals surface area (Å²) < 4.78 is 11.1. The molecule has 6 nitrogen and oxygen atoms in total. The number of para-hydroxylation sites is 1. The fourth-order valence-corrected chi connectivity index (χ4v) is 2.91. The van der Waals surface area contributed by atoms with Crippen LogP contribution >= 0.6 is 0 Å². The van der Waals surface area contributed by atoms with E-state index in [0.29, 0.717) is 25.0 Å². The average molecular weight is 398 g/mol. The van der Waals surface area contributed by atoms with Gasteiger partial charge in [-0.25, -0.2) is 4.99 Å². The van der Waals surface area contributed by atoms with Gasteiger partial charge in [0.25, 0.3) is 0 Å². The highest BCUT2D eigenvalue weighted by molar-refractivity contribution is 5.79. The van der Waals surface area contributed by atoms with Gasteiger partial charge in [-0.2, -0.15) is 0 Å². The van der Waals surface area contributed by atoms with E-state index in [1.807, 2.05) is 55.5 Å². The van der Waals surface area contributed by atoms with E-state index in [1.165, 1.54) is 12.8 Å². The van der Waals surface area contributed by atoms with Gasteiger partial charge in [-0.1, -0.05) is 30.3 Å². The molecule has 0 aliphatic heterocycles. The van der Waals surface area contributed by atoms with E-state index in [1.54, 1.807) is 7.11 Å². The number of aliphatic hydroxyl groups excluding tert-OH is 1. The summed E-state index contributed by atoms with van der Waals surface area (Å²) in [4.78, 5) is 4.66. The van der Waals surface area contributed by atoms with Crippen molar-refractivity contribution in [2.75, 3.05) is 26.8 Å². The molecule has 2 aromatic rings. The van der Waals surface area contributed by atoms with Crippen molar-refractivity contribution in [2.24, 2.45) is 10.9 Å². The molecule has 1 fully saturated rings. The van der Waals surface area contributed by atoms with Crippen LogP contribution in [-0.2, 0) is 6.54 Å². The van der Waals surface area contributed by atoms with Gasteiger partial charge in [0.15, 0.2) is 5.96 Å². The topological polar surface area (TPSA) is 75.1 Å². The molecule has 0 aromatic heterocycles. The van der Waals surface area contributed by atoms with Gasteiger partial charge in [0, 0.05) is 18.7 Å². The van der Waals surface area contributed by atoms with Crippen molar-refractivity contribution < 1.29 is 14.6 Å². The number of rotatable bonds is 10. The summed E-state index contributed by atoms with van der Waals surface area (Å²) in [5.74, 6) is 3.05. The number of nitrogens with one attached hydrogen (secondary N) is 2. The second kappa shape index (κ2) is 10.7. The largest absolute Gasteiger partial charge is 0.497 e. The van der Waals surface area contributed by atoms with Gasteiger partial charge in [0.05, 0.1) is 26.4 Å². The highest BCUT2D eigenvalue weighted by Gasteiger charge is 2.22. The zero-order chi connectivity index (χ0) is 20.5. The number of aliphatic hydroxyl groups is 1. The first-order chi connectivity index (χ1) is 14.2. The third-order valence-electron chi connectivity index (χ3n) is 4.86. The number of hydrogen-bond donors (Lipinski definition) is 3. The maximum atomic E-state index is 10.5. The van der Waals surface area contributed by atoms with E-state index in [9.17, 15) is 5.11 Å². The lowest BCUT2D eigenvalue weighted by Gasteiger charge is -2.16. The highest BCUT2D eigenvalue weighted by atomic mass is 16.5. The standard InChI is InChI=1S/C23H31N3O3/c1-3-24-23(26-15-21(27)18-10-12-20(28-2)13-11-18)25-14-19-6-4-5-7-22(19)29-16-17-8-9-17/h4-7,10-13,17,21,27H,3,8-9,14-16H2,1-2H3,(H2,24,25,26). The predicted octanol–water partition coefficient (Wildman–Crippen LogP) is 3.27. The Labute approximate surface area is 173 Å². The van der Waals surface area contributed by atoms with Crippen LogP contribution in [0.3, 0.4) is 0 Å². The fourth-order valence-electron chi connectivity index (χ4n) is 2.91. The molecule has 3 rings (SSSR count). The Kier molecular flexibility index (Phi) is 7.76. The monoisotopic (exact) mass is 397 g/mol. The molecule has 0 heterocycles. The van der Waals surface area contributed by atoms with Crippen molar-refractivity contribution in [1.82, 2.24) is 10.6 Å². The third-order valence-corrected chi connectivity index (χ3v) is 4.86. The quantitative estimate of drug-likeness (QED) is 0.424. The Hall–Kier alpha value is -2.73. The summed E-state index contributed by atoms with van der Waals surface area (Å²) in [6.45, 7) is 4.41. The molecule has 156 valence electrons. The molecular weight excluding hydrogens is 366 g/mol. The molecule has 29 heavy (non-hydrogen) atoms. The van der Waals surface area contributed by atoms with Crippen LogP contribution in [0.25, 0.3) is 0 Å². The molecule has 0 radical (unpaired) electrons. The Morgan fingerprint density at radius 3 is 2.59 bits per heavy atom. The summed E-state index contributed by atoms with van der Waals surface area (Å²) in [7, 11) is 1.63. The van der Waals surface area contributed by atoms with Crippen LogP contribution < -0.4 is 20.1 Å². The normalized spacial score (nSPS) is 14.9. The van der Waals surface area contributed by atoms with E-state index in [0.717, 1.165) is 35.8 Å². The van der Waals surface area contributed by atoms with Crippen LogP contribution in [0.2, 0.25) is 0 Å². The van der Waals surface area contributed by atoms with Crippen molar-refractivity contribution in [3.63, 3.8) is 0 Å². The molecule has 1 atom stereocenters. The van der Waals surface area contributed by atoms with Crippen molar-refractivity contribution >= 4 is 5.96 Å². The SMILES string of the molecule is CCNC(=NCc1ccccc1OCC1CC1)NCC(O)c1ccc(OC)cc1. The summed E-state index contributed by atoms with van der Waals surface area (Å²) in [5.41, 5.74) is 1.88. The molecular formula is C23H31N3O3. The Balaban J connectivity index is 1.57. The number of guanidine groups is 1. The zero-order valence-corrected chi connectivity index (χ0v) is 17.2. The van der Waals surface area contributed by atoms with Crippen molar-refractivity contribution in [2.45, 2.75) is 32.4 Å². The van der Waals surface area contributed by atoms with Gasteiger partial charge in [-0.15, -0.1) is 0 Å². The molecule has 0 bridgehead atoms. The zero-order valence-electron chi connectivity index (χ0n) is 17.2. The smallest absolute Gasteiger partial charge is 0.191 e. The van der Waals surface area contributed by atoms with Gasteiger partial charge >= 0.3 is 0 Å². The average Bonchev–Trinajstić information content (AvgIpc) is 3.59. The minimum Gasteiger partial charge on any atom is -0.497 e. The third kappa shape index (κ3) is 6.68. The van der Waals surface area contributed by atoms with Gasteiger partial charge < -0.3 is 25.2 Å². The number of benzene rings is 2. The lowest BCUT2D eigenvalue weighted by atomic mass is 10.1. The summed E-state index contributed by atoms with van der Waals surface area (Å²) >= 11 is 0. The minimum absolute atomic E-state index is 0.359. The number of methoxy groups -OCH3 is 1.